The predicted octanol–water partition coefficient (Wildman–Crippen LogP) is 2.18. The second kappa shape index (κ2) is 3.93. The maximum Gasteiger partial charge on any atom is 0.164 e. The molecule has 2 unspecified atom stereocenters. The normalized spacial score (nSPS) is 31.1. The highest BCUT2D eigenvalue weighted by Crippen LogP contribution is 2.54. The fraction of sp³-hybridized carbons (Fsp3) is 0.500. The number of rotatable bonds is 3. The number of hydrogen-bond donors (Lipinski definition) is 0. The molecule has 1 aromatic carbocycles. The lowest BCUT2D eigenvalue weighted by atomic mass is 9.81. The molecule has 0 radical (unpaired) electrons. The highest BCUT2D eigenvalue weighted by molar-refractivity contribution is 5.88. The van der Waals surface area contributed by atoms with Gasteiger partial charge in [-0.2, -0.15) is 0 Å². The van der Waals surface area contributed by atoms with Gasteiger partial charge in [0.25, 0.3) is 0 Å². The third-order valence-electron chi connectivity index (χ3n) is 3.73. The Morgan fingerprint density at radius 3 is 3.12 bits per heavy atom. The fourth-order valence-corrected chi connectivity index (χ4v) is 2.90. The van der Waals surface area contributed by atoms with Crippen LogP contribution in [0.15, 0.2) is 24.3 Å². The summed E-state index contributed by atoms with van der Waals surface area (Å²) in [4.78, 5) is 11.7. The number of carbonyl (C=O) groups excluding carboxylic acids is 1. The van der Waals surface area contributed by atoms with Crippen molar-refractivity contribution >= 4 is 5.78 Å². The van der Waals surface area contributed by atoms with E-state index in [0.29, 0.717) is 13.0 Å². The fourth-order valence-electron chi connectivity index (χ4n) is 2.90. The molecule has 2 fully saturated rings. The first-order chi connectivity index (χ1) is 8.28. The minimum atomic E-state index is -0.329. The standard InChI is InChI=1S/C14H16O3/c1-16-9-10-5-2-3-6-11(10)14-8-4-7-12(15)13(14)17-14/h2-3,5-6,13H,4,7-9H2,1H3. The van der Waals surface area contributed by atoms with E-state index in [1.165, 1.54) is 0 Å². The van der Waals surface area contributed by atoms with E-state index in [1.807, 2.05) is 18.2 Å². The molecule has 0 aromatic heterocycles. The summed E-state index contributed by atoms with van der Waals surface area (Å²) in [5.41, 5.74) is 1.94. The Bertz CT molecular complexity index is 455. The summed E-state index contributed by atoms with van der Waals surface area (Å²) in [7, 11) is 1.69. The highest BCUT2D eigenvalue weighted by atomic mass is 16.6. The molecule has 90 valence electrons. The van der Waals surface area contributed by atoms with Crippen molar-refractivity contribution in [3.8, 4) is 0 Å². The molecule has 3 heteroatoms. The van der Waals surface area contributed by atoms with Crippen molar-refractivity contribution < 1.29 is 14.3 Å². The van der Waals surface area contributed by atoms with Gasteiger partial charge in [-0.1, -0.05) is 24.3 Å². The third kappa shape index (κ3) is 1.61. The molecule has 0 N–H and O–H groups in total. The van der Waals surface area contributed by atoms with Crippen LogP contribution in [-0.2, 0) is 26.5 Å². The van der Waals surface area contributed by atoms with E-state index in [1.54, 1.807) is 7.11 Å². The van der Waals surface area contributed by atoms with Gasteiger partial charge in [-0.05, 0) is 24.0 Å². The minimum Gasteiger partial charge on any atom is -0.380 e. The number of ether oxygens (including phenoxy) is 2. The van der Waals surface area contributed by atoms with E-state index < -0.39 is 0 Å². The molecular weight excluding hydrogens is 216 g/mol. The summed E-state index contributed by atoms with van der Waals surface area (Å²) in [5, 5.41) is 0. The Morgan fingerprint density at radius 1 is 1.47 bits per heavy atom. The van der Waals surface area contributed by atoms with E-state index in [2.05, 4.69) is 6.07 Å². The van der Waals surface area contributed by atoms with Gasteiger partial charge in [-0.25, -0.2) is 0 Å². The number of ketones is 1. The zero-order chi connectivity index (χ0) is 11.9. The number of epoxide rings is 1. The number of fused-ring (bicyclic) bond motifs is 1. The monoisotopic (exact) mass is 232 g/mol. The van der Waals surface area contributed by atoms with E-state index in [4.69, 9.17) is 9.47 Å². The maximum atomic E-state index is 11.7. The van der Waals surface area contributed by atoms with E-state index in [0.717, 1.165) is 24.0 Å². The molecule has 3 rings (SSSR count). The average Bonchev–Trinajstić information content (AvgIpc) is 3.08. The minimum absolute atomic E-state index is 0.200. The summed E-state index contributed by atoms with van der Waals surface area (Å²) in [6, 6.07) is 8.11. The van der Waals surface area contributed by atoms with E-state index in [9.17, 15) is 4.79 Å². The van der Waals surface area contributed by atoms with Gasteiger partial charge >= 0.3 is 0 Å². The van der Waals surface area contributed by atoms with Crippen LogP contribution in [0.2, 0.25) is 0 Å². The lowest BCUT2D eigenvalue weighted by Crippen LogP contribution is -2.25. The van der Waals surface area contributed by atoms with E-state index >= 15 is 0 Å². The molecule has 1 aliphatic heterocycles. The van der Waals surface area contributed by atoms with Crippen LogP contribution in [0.1, 0.15) is 30.4 Å². The first-order valence-electron chi connectivity index (χ1n) is 6.06. The quantitative estimate of drug-likeness (QED) is 0.750. The summed E-state index contributed by atoms with van der Waals surface area (Å²) < 4.78 is 11.0. The van der Waals surface area contributed by atoms with Crippen molar-refractivity contribution in [1.82, 2.24) is 0 Å². The van der Waals surface area contributed by atoms with Gasteiger partial charge in [0.05, 0.1) is 6.61 Å². The van der Waals surface area contributed by atoms with Crippen LogP contribution < -0.4 is 0 Å². The van der Waals surface area contributed by atoms with Crippen LogP contribution in [0.4, 0.5) is 0 Å². The highest BCUT2D eigenvalue weighted by Gasteiger charge is 2.63. The Labute approximate surface area is 101 Å². The molecule has 1 saturated carbocycles. The summed E-state index contributed by atoms with van der Waals surface area (Å²) >= 11 is 0. The molecule has 1 aliphatic carbocycles. The molecule has 17 heavy (non-hydrogen) atoms. The van der Waals surface area contributed by atoms with Gasteiger partial charge in [-0.15, -0.1) is 0 Å². The van der Waals surface area contributed by atoms with Crippen molar-refractivity contribution in [2.24, 2.45) is 0 Å². The van der Waals surface area contributed by atoms with Crippen LogP contribution in [0, 0.1) is 0 Å². The van der Waals surface area contributed by atoms with Crippen molar-refractivity contribution in [2.75, 3.05) is 7.11 Å². The average molecular weight is 232 g/mol. The molecule has 3 nitrogen and oxygen atoms in total. The zero-order valence-corrected chi connectivity index (χ0v) is 9.94. The Hall–Kier alpha value is -1.19. The Morgan fingerprint density at radius 2 is 2.29 bits per heavy atom. The van der Waals surface area contributed by atoms with Crippen LogP contribution >= 0.6 is 0 Å². The summed E-state index contributed by atoms with van der Waals surface area (Å²) in [5.74, 6) is 0.253. The van der Waals surface area contributed by atoms with Crippen molar-refractivity contribution in [1.29, 1.82) is 0 Å². The number of hydrogen-bond acceptors (Lipinski definition) is 3. The van der Waals surface area contributed by atoms with Crippen LogP contribution in [-0.4, -0.2) is 19.0 Å². The lowest BCUT2D eigenvalue weighted by Gasteiger charge is -2.19. The molecule has 0 amide bonds. The lowest BCUT2D eigenvalue weighted by molar-refractivity contribution is -0.120. The number of Topliss-reactive ketones (excluding diaryl/α,β-unsaturated/α-hetero) is 1. The van der Waals surface area contributed by atoms with E-state index in [-0.39, 0.29) is 17.5 Å². The second-order valence-corrected chi connectivity index (χ2v) is 4.80. The molecule has 1 heterocycles. The molecule has 0 spiro atoms. The number of carbonyl (C=O) groups is 1. The zero-order valence-electron chi connectivity index (χ0n) is 9.94. The molecule has 1 aromatic rings. The second-order valence-electron chi connectivity index (χ2n) is 4.80. The maximum absolute atomic E-state index is 11.7. The third-order valence-corrected chi connectivity index (χ3v) is 3.73. The molecule has 1 saturated heterocycles. The first kappa shape index (κ1) is 10.9. The van der Waals surface area contributed by atoms with Gasteiger partial charge in [0, 0.05) is 13.5 Å². The first-order valence-corrected chi connectivity index (χ1v) is 6.06. The topological polar surface area (TPSA) is 38.8 Å². The Kier molecular flexibility index (Phi) is 2.53. The Balaban J connectivity index is 1.97. The summed E-state index contributed by atoms with van der Waals surface area (Å²) in [6.45, 7) is 0.572. The van der Waals surface area contributed by atoms with Crippen LogP contribution in [0.25, 0.3) is 0 Å². The molecular formula is C14H16O3. The molecule has 2 atom stereocenters. The van der Waals surface area contributed by atoms with Gasteiger partial charge in [0.15, 0.2) is 11.9 Å². The summed E-state index contributed by atoms with van der Waals surface area (Å²) in [6.07, 6.45) is 2.34. The van der Waals surface area contributed by atoms with Crippen molar-refractivity contribution in [3.05, 3.63) is 35.4 Å². The number of benzene rings is 1. The van der Waals surface area contributed by atoms with Gasteiger partial charge in [-0.3, -0.25) is 4.79 Å². The largest absolute Gasteiger partial charge is 0.380 e. The van der Waals surface area contributed by atoms with Crippen molar-refractivity contribution in [3.63, 3.8) is 0 Å². The predicted molar refractivity (Wildman–Crippen MR) is 62.6 cm³/mol. The van der Waals surface area contributed by atoms with Gasteiger partial charge in [0.1, 0.15) is 5.60 Å². The number of methoxy groups -OCH3 is 1. The van der Waals surface area contributed by atoms with Crippen LogP contribution in [0.3, 0.4) is 0 Å². The SMILES string of the molecule is COCc1ccccc1C12CCCC(=O)C1O2. The molecule has 0 bridgehead atoms. The smallest absolute Gasteiger partial charge is 0.164 e. The van der Waals surface area contributed by atoms with Gasteiger partial charge in [0.2, 0.25) is 0 Å². The molecule has 2 aliphatic rings. The van der Waals surface area contributed by atoms with Gasteiger partial charge < -0.3 is 9.47 Å². The van der Waals surface area contributed by atoms with Crippen LogP contribution in [0.5, 0.6) is 0 Å². The van der Waals surface area contributed by atoms with Crippen molar-refractivity contribution in [2.45, 2.75) is 37.6 Å².